The smallest absolute Gasteiger partial charge is 0.0634 e. The minimum Gasteiger partial charge on any atom is -0.377 e. The lowest BCUT2D eigenvalue weighted by molar-refractivity contribution is 0.262. The Morgan fingerprint density at radius 1 is 1.53 bits per heavy atom. The SMILES string of the molecule is CC(C)N1CCC(CN)(Nc2ccc(Cl)c(Br)c2)C1. The Bertz CT molecular complexity index is 452. The summed E-state index contributed by atoms with van der Waals surface area (Å²) in [7, 11) is 0. The van der Waals surface area contributed by atoms with E-state index in [0.717, 1.165) is 34.7 Å². The fourth-order valence-electron chi connectivity index (χ4n) is 2.55. The van der Waals surface area contributed by atoms with Crippen molar-refractivity contribution >= 4 is 33.2 Å². The zero-order chi connectivity index (χ0) is 14.0. The molecule has 1 saturated heterocycles. The van der Waals surface area contributed by atoms with Crippen LogP contribution < -0.4 is 11.1 Å². The second kappa shape index (κ2) is 6.00. The summed E-state index contributed by atoms with van der Waals surface area (Å²) >= 11 is 9.48. The van der Waals surface area contributed by atoms with Gasteiger partial charge in [-0.05, 0) is 54.4 Å². The average Bonchev–Trinajstić information content (AvgIpc) is 2.79. The molecule has 0 bridgehead atoms. The van der Waals surface area contributed by atoms with Gasteiger partial charge in [-0.3, -0.25) is 4.90 Å². The van der Waals surface area contributed by atoms with E-state index in [4.69, 9.17) is 17.3 Å². The summed E-state index contributed by atoms with van der Waals surface area (Å²) in [6, 6.07) is 6.47. The van der Waals surface area contributed by atoms with Crippen molar-refractivity contribution in [2.45, 2.75) is 31.8 Å². The second-order valence-electron chi connectivity index (χ2n) is 5.55. The maximum atomic E-state index is 6.02. The van der Waals surface area contributed by atoms with Crippen molar-refractivity contribution in [3.05, 3.63) is 27.7 Å². The van der Waals surface area contributed by atoms with Gasteiger partial charge in [0.15, 0.2) is 0 Å². The number of nitrogens with zero attached hydrogens (tertiary/aromatic N) is 1. The summed E-state index contributed by atoms with van der Waals surface area (Å²) in [5, 5.41) is 4.33. The molecule has 1 aliphatic heterocycles. The van der Waals surface area contributed by atoms with E-state index in [-0.39, 0.29) is 5.54 Å². The van der Waals surface area contributed by atoms with Crippen LogP contribution in [0.15, 0.2) is 22.7 Å². The number of anilines is 1. The first-order valence-electron chi connectivity index (χ1n) is 6.63. The van der Waals surface area contributed by atoms with Gasteiger partial charge in [0.2, 0.25) is 0 Å². The van der Waals surface area contributed by atoms with E-state index in [0.29, 0.717) is 12.6 Å². The van der Waals surface area contributed by atoms with Crippen LogP contribution in [0.2, 0.25) is 5.02 Å². The Morgan fingerprint density at radius 2 is 2.26 bits per heavy atom. The highest BCUT2D eigenvalue weighted by Gasteiger charge is 2.37. The molecule has 1 aromatic rings. The molecular formula is C14H21BrClN3. The predicted molar refractivity (Wildman–Crippen MR) is 85.9 cm³/mol. The van der Waals surface area contributed by atoms with E-state index in [2.05, 4.69) is 40.0 Å². The van der Waals surface area contributed by atoms with Crippen molar-refractivity contribution < 1.29 is 0 Å². The molecule has 1 heterocycles. The molecule has 19 heavy (non-hydrogen) atoms. The van der Waals surface area contributed by atoms with Crippen LogP contribution in [0.5, 0.6) is 0 Å². The molecule has 1 fully saturated rings. The molecule has 1 atom stereocenters. The Hall–Kier alpha value is -0.290. The van der Waals surface area contributed by atoms with Crippen molar-refractivity contribution in [1.82, 2.24) is 4.90 Å². The molecule has 1 aromatic carbocycles. The van der Waals surface area contributed by atoms with Crippen LogP contribution in [0.3, 0.4) is 0 Å². The van der Waals surface area contributed by atoms with Gasteiger partial charge < -0.3 is 11.1 Å². The van der Waals surface area contributed by atoms with E-state index < -0.39 is 0 Å². The number of nitrogens with two attached hydrogens (primary N) is 1. The number of hydrogen-bond donors (Lipinski definition) is 2. The van der Waals surface area contributed by atoms with E-state index in [1.165, 1.54) is 0 Å². The molecule has 0 saturated carbocycles. The van der Waals surface area contributed by atoms with Gasteiger partial charge in [-0.15, -0.1) is 0 Å². The number of likely N-dealkylation sites (tertiary alicyclic amines) is 1. The zero-order valence-corrected chi connectivity index (χ0v) is 13.8. The predicted octanol–water partition coefficient (Wildman–Crippen LogP) is 3.33. The quantitative estimate of drug-likeness (QED) is 0.878. The van der Waals surface area contributed by atoms with E-state index in [9.17, 15) is 0 Å². The summed E-state index contributed by atoms with van der Waals surface area (Å²) in [5.74, 6) is 0. The van der Waals surface area contributed by atoms with Crippen LogP contribution in [0.4, 0.5) is 5.69 Å². The van der Waals surface area contributed by atoms with Gasteiger partial charge in [0.1, 0.15) is 0 Å². The monoisotopic (exact) mass is 345 g/mol. The van der Waals surface area contributed by atoms with Crippen molar-refractivity contribution in [1.29, 1.82) is 0 Å². The van der Waals surface area contributed by atoms with Gasteiger partial charge in [0, 0.05) is 35.8 Å². The molecule has 3 nitrogen and oxygen atoms in total. The highest BCUT2D eigenvalue weighted by molar-refractivity contribution is 9.10. The number of halogens is 2. The fraction of sp³-hybridized carbons (Fsp3) is 0.571. The van der Waals surface area contributed by atoms with Crippen LogP contribution in [-0.2, 0) is 0 Å². The van der Waals surface area contributed by atoms with E-state index >= 15 is 0 Å². The maximum absolute atomic E-state index is 6.02. The summed E-state index contributed by atoms with van der Waals surface area (Å²) in [4.78, 5) is 2.46. The van der Waals surface area contributed by atoms with E-state index in [1.807, 2.05) is 18.2 Å². The van der Waals surface area contributed by atoms with Gasteiger partial charge in [0.05, 0.1) is 10.6 Å². The van der Waals surface area contributed by atoms with E-state index in [1.54, 1.807) is 0 Å². The fourth-order valence-corrected chi connectivity index (χ4v) is 3.04. The highest BCUT2D eigenvalue weighted by atomic mass is 79.9. The van der Waals surface area contributed by atoms with Gasteiger partial charge in [-0.2, -0.15) is 0 Å². The Kier molecular flexibility index (Phi) is 4.77. The van der Waals surface area contributed by atoms with Crippen molar-refractivity contribution in [2.24, 2.45) is 5.73 Å². The van der Waals surface area contributed by atoms with Crippen molar-refractivity contribution in [2.75, 3.05) is 25.0 Å². The topological polar surface area (TPSA) is 41.3 Å². The maximum Gasteiger partial charge on any atom is 0.0634 e. The lowest BCUT2D eigenvalue weighted by Crippen LogP contribution is -2.48. The first kappa shape index (κ1) is 15.1. The minimum atomic E-state index is -0.0302. The molecule has 3 N–H and O–H groups in total. The number of rotatable bonds is 4. The molecule has 0 amide bonds. The number of hydrogen-bond acceptors (Lipinski definition) is 3. The van der Waals surface area contributed by atoms with Gasteiger partial charge in [-0.25, -0.2) is 0 Å². The first-order chi connectivity index (χ1) is 8.96. The van der Waals surface area contributed by atoms with Crippen LogP contribution >= 0.6 is 27.5 Å². The molecule has 1 aliphatic rings. The summed E-state index contributed by atoms with van der Waals surface area (Å²) < 4.78 is 0.907. The summed E-state index contributed by atoms with van der Waals surface area (Å²) in [6.07, 6.45) is 1.07. The molecule has 0 radical (unpaired) electrons. The molecular weight excluding hydrogens is 326 g/mol. The zero-order valence-electron chi connectivity index (χ0n) is 11.4. The van der Waals surface area contributed by atoms with Crippen LogP contribution in [0, 0.1) is 0 Å². The molecule has 5 heteroatoms. The average molecular weight is 347 g/mol. The Balaban J connectivity index is 2.13. The van der Waals surface area contributed by atoms with Gasteiger partial charge >= 0.3 is 0 Å². The Morgan fingerprint density at radius 3 is 2.79 bits per heavy atom. The molecule has 2 rings (SSSR count). The van der Waals surface area contributed by atoms with Crippen molar-refractivity contribution in [3.63, 3.8) is 0 Å². The van der Waals surface area contributed by atoms with Crippen LogP contribution in [-0.4, -0.2) is 36.1 Å². The van der Waals surface area contributed by atoms with Gasteiger partial charge in [-0.1, -0.05) is 11.6 Å². The van der Waals surface area contributed by atoms with Gasteiger partial charge in [0.25, 0.3) is 0 Å². The second-order valence-corrected chi connectivity index (χ2v) is 6.81. The standard InChI is InChI=1S/C14H21BrClN3/c1-10(2)19-6-5-14(8-17,9-19)18-11-3-4-13(16)12(15)7-11/h3-4,7,10,18H,5-6,8-9,17H2,1-2H3. The van der Waals surface area contributed by atoms with Crippen LogP contribution in [0.1, 0.15) is 20.3 Å². The largest absolute Gasteiger partial charge is 0.377 e. The first-order valence-corrected chi connectivity index (χ1v) is 7.80. The normalized spacial score (nSPS) is 24.1. The minimum absolute atomic E-state index is 0.0302. The van der Waals surface area contributed by atoms with Crippen LogP contribution in [0.25, 0.3) is 0 Å². The lowest BCUT2D eigenvalue weighted by atomic mass is 9.98. The lowest BCUT2D eigenvalue weighted by Gasteiger charge is -2.31. The third-order valence-corrected chi connectivity index (χ3v) is 5.05. The third kappa shape index (κ3) is 3.43. The number of benzene rings is 1. The van der Waals surface area contributed by atoms with Crippen molar-refractivity contribution in [3.8, 4) is 0 Å². The summed E-state index contributed by atoms with van der Waals surface area (Å²) in [6.45, 7) is 7.17. The highest BCUT2D eigenvalue weighted by Crippen LogP contribution is 2.30. The third-order valence-electron chi connectivity index (χ3n) is 3.83. The molecule has 0 aliphatic carbocycles. The molecule has 1 unspecified atom stereocenters. The Labute approximate surface area is 128 Å². The molecule has 0 spiro atoms. The molecule has 106 valence electrons. The molecule has 0 aromatic heterocycles. The summed E-state index contributed by atoms with van der Waals surface area (Å²) in [5.41, 5.74) is 7.05. The number of nitrogens with one attached hydrogen (secondary N) is 1.